The first-order chi connectivity index (χ1) is 11.8. The van der Waals surface area contributed by atoms with Gasteiger partial charge in [-0.25, -0.2) is 4.39 Å². The van der Waals surface area contributed by atoms with Crippen LogP contribution in [0, 0.1) is 5.82 Å². The Morgan fingerprint density at radius 1 is 1.20 bits per heavy atom. The summed E-state index contributed by atoms with van der Waals surface area (Å²) < 4.78 is 18.5. The summed E-state index contributed by atoms with van der Waals surface area (Å²) >= 11 is 0. The van der Waals surface area contributed by atoms with Gasteiger partial charge in [0.2, 0.25) is 0 Å². The third kappa shape index (κ3) is 9.37. The molecule has 0 aliphatic carbocycles. The molecule has 1 aliphatic heterocycles. The largest absolute Gasteiger partial charge is 0.379 e. The Hall–Kier alpha value is -0.930. The molecule has 0 bridgehead atoms. The minimum atomic E-state index is -0.185. The molecule has 7 heteroatoms. The summed E-state index contributed by atoms with van der Waals surface area (Å²) in [4.78, 5) is 6.67. The van der Waals surface area contributed by atoms with E-state index in [2.05, 4.69) is 20.5 Å². The Kier molecular flexibility index (Phi) is 11.8. The zero-order valence-corrected chi connectivity index (χ0v) is 17.3. The number of unbranched alkanes of at least 4 members (excludes halogenated alkanes) is 1. The number of benzene rings is 1. The van der Waals surface area contributed by atoms with Gasteiger partial charge in [-0.05, 0) is 43.5 Å². The van der Waals surface area contributed by atoms with Crippen molar-refractivity contribution in [3.05, 3.63) is 35.6 Å². The molecule has 1 saturated heterocycles. The van der Waals surface area contributed by atoms with Gasteiger partial charge in [0.1, 0.15) is 5.82 Å². The molecule has 1 aromatic rings. The number of nitrogens with one attached hydrogen (secondary N) is 2. The second-order valence-electron chi connectivity index (χ2n) is 5.97. The summed E-state index contributed by atoms with van der Waals surface area (Å²) in [6, 6.07) is 6.72. The molecule has 0 spiro atoms. The molecule has 0 amide bonds. The number of hydrogen-bond acceptors (Lipinski definition) is 3. The van der Waals surface area contributed by atoms with Crippen molar-refractivity contribution >= 4 is 29.9 Å². The van der Waals surface area contributed by atoms with Crippen molar-refractivity contribution < 1.29 is 9.13 Å². The van der Waals surface area contributed by atoms with E-state index in [-0.39, 0.29) is 29.8 Å². The lowest BCUT2D eigenvalue weighted by atomic mass is 10.1. The fourth-order valence-electron chi connectivity index (χ4n) is 2.73. The van der Waals surface area contributed by atoms with E-state index < -0.39 is 0 Å². The van der Waals surface area contributed by atoms with Gasteiger partial charge >= 0.3 is 0 Å². The van der Waals surface area contributed by atoms with E-state index in [0.717, 1.165) is 70.3 Å². The summed E-state index contributed by atoms with van der Waals surface area (Å²) in [5, 5.41) is 6.59. The van der Waals surface area contributed by atoms with Crippen molar-refractivity contribution in [1.82, 2.24) is 15.5 Å². The van der Waals surface area contributed by atoms with Crippen molar-refractivity contribution in [3.8, 4) is 0 Å². The van der Waals surface area contributed by atoms with E-state index in [1.165, 1.54) is 12.5 Å². The first-order valence-electron chi connectivity index (χ1n) is 8.77. The molecule has 1 fully saturated rings. The van der Waals surface area contributed by atoms with Crippen molar-refractivity contribution in [3.63, 3.8) is 0 Å². The predicted octanol–water partition coefficient (Wildman–Crippen LogP) is 2.26. The van der Waals surface area contributed by atoms with E-state index >= 15 is 0 Å². The Bertz CT molecular complexity index is 510. The zero-order chi connectivity index (χ0) is 17.0. The number of guanidine groups is 1. The van der Waals surface area contributed by atoms with Crippen molar-refractivity contribution in [2.24, 2.45) is 4.99 Å². The molecule has 1 aromatic carbocycles. The molecular formula is C18H30FIN4O. The van der Waals surface area contributed by atoms with Crippen molar-refractivity contribution in [2.75, 3.05) is 53.0 Å². The molecule has 0 saturated carbocycles. The number of aliphatic imine (C=N–C) groups is 1. The number of nitrogens with zero attached hydrogens (tertiary/aromatic N) is 2. The zero-order valence-electron chi connectivity index (χ0n) is 15.0. The normalized spacial score (nSPS) is 15.5. The molecule has 25 heavy (non-hydrogen) atoms. The molecule has 2 rings (SSSR count). The van der Waals surface area contributed by atoms with Crippen LogP contribution in [0.3, 0.4) is 0 Å². The summed E-state index contributed by atoms with van der Waals surface area (Å²) in [6.07, 6.45) is 3.06. The van der Waals surface area contributed by atoms with Crippen LogP contribution in [0.25, 0.3) is 0 Å². The van der Waals surface area contributed by atoms with Gasteiger partial charge in [-0.15, -0.1) is 24.0 Å². The second-order valence-corrected chi connectivity index (χ2v) is 5.97. The molecular weight excluding hydrogens is 434 g/mol. The molecule has 0 atom stereocenters. The van der Waals surface area contributed by atoms with Crippen LogP contribution < -0.4 is 10.6 Å². The van der Waals surface area contributed by atoms with Gasteiger partial charge in [0.25, 0.3) is 0 Å². The summed E-state index contributed by atoms with van der Waals surface area (Å²) in [5.41, 5.74) is 0.989. The first kappa shape index (κ1) is 22.1. The number of hydrogen-bond donors (Lipinski definition) is 2. The van der Waals surface area contributed by atoms with Gasteiger partial charge in [0.05, 0.1) is 13.2 Å². The van der Waals surface area contributed by atoms with E-state index in [1.807, 2.05) is 6.07 Å². The van der Waals surface area contributed by atoms with Gasteiger partial charge in [-0.3, -0.25) is 9.89 Å². The standard InChI is InChI=1S/C18H29FN4O.HI/c1-20-18(22-9-7-16-5-4-6-17(19)15-16)21-8-2-3-10-23-11-13-24-14-12-23;/h4-6,15H,2-3,7-14H2,1H3,(H2,20,21,22);1H. The van der Waals surface area contributed by atoms with Gasteiger partial charge in [-0.1, -0.05) is 12.1 Å². The van der Waals surface area contributed by atoms with Crippen LogP contribution in [0.2, 0.25) is 0 Å². The third-order valence-electron chi connectivity index (χ3n) is 4.12. The van der Waals surface area contributed by atoms with Gasteiger partial charge in [0, 0.05) is 33.2 Å². The SMILES string of the molecule is CN=C(NCCCCN1CCOCC1)NCCc1cccc(F)c1.I. The minimum Gasteiger partial charge on any atom is -0.379 e. The molecule has 142 valence electrons. The molecule has 2 N–H and O–H groups in total. The maximum Gasteiger partial charge on any atom is 0.190 e. The van der Waals surface area contributed by atoms with Crippen molar-refractivity contribution in [1.29, 1.82) is 0 Å². The highest BCUT2D eigenvalue weighted by Crippen LogP contribution is 2.03. The van der Waals surface area contributed by atoms with Crippen LogP contribution in [0.1, 0.15) is 18.4 Å². The number of morpholine rings is 1. The van der Waals surface area contributed by atoms with Crippen LogP contribution in [0.5, 0.6) is 0 Å². The molecule has 5 nitrogen and oxygen atoms in total. The number of halogens is 2. The van der Waals surface area contributed by atoms with Gasteiger partial charge in [-0.2, -0.15) is 0 Å². The van der Waals surface area contributed by atoms with Crippen LogP contribution >= 0.6 is 24.0 Å². The van der Waals surface area contributed by atoms with Crippen molar-refractivity contribution in [2.45, 2.75) is 19.3 Å². The monoisotopic (exact) mass is 464 g/mol. The lowest BCUT2D eigenvalue weighted by molar-refractivity contribution is 0.0372. The summed E-state index contributed by atoms with van der Waals surface area (Å²) in [6.45, 7) is 6.60. The molecule has 0 unspecified atom stereocenters. The van der Waals surface area contributed by atoms with E-state index in [9.17, 15) is 4.39 Å². The predicted molar refractivity (Wildman–Crippen MR) is 111 cm³/mol. The highest BCUT2D eigenvalue weighted by atomic mass is 127. The van der Waals surface area contributed by atoms with Gasteiger partial charge < -0.3 is 15.4 Å². The van der Waals surface area contributed by atoms with Crippen LogP contribution in [0.4, 0.5) is 4.39 Å². The summed E-state index contributed by atoms with van der Waals surface area (Å²) in [7, 11) is 1.77. The Morgan fingerprint density at radius 3 is 2.68 bits per heavy atom. The molecule has 0 aromatic heterocycles. The smallest absolute Gasteiger partial charge is 0.190 e. The second kappa shape index (κ2) is 13.3. The Balaban J connectivity index is 0.00000312. The van der Waals surface area contributed by atoms with E-state index in [1.54, 1.807) is 19.2 Å². The quantitative estimate of drug-likeness (QED) is 0.268. The van der Waals surface area contributed by atoms with Crippen LogP contribution in [-0.4, -0.2) is 63.8 Å². The average molecular weight is 464 g/mol. The molecule has 1 heterocycles. The van der Waals surface area contributed by atoms with Crippen LogP contribution in [-0.2, 0) is 11.2 Å². The third-order valence-corrected chi connectivity index (χ3v) is 4.12. The molecule has 0 radical (unpaired) electrons. The average Bonchev–Trinajstić information content (AvgIpc) is 2.61. The topological polar surface area (TPSA) is 48.9 Å². The number of ether oxygens (including phenoxy) is 1. The van der Waals surface area contributed by atoms with E-state index in [0.29, 0.717) is 0 Å². The summed E-state index contributed by atoms with van der Waals surface area (Å²) in [5.74, 6) is 0.619. The fraction of sp³-hybridized carbons (Fsp3) is 0.611. The highest BCUT2D eigenvalue weighted by Gasteiger charge is 2.09. The number of rotatable bonds is 8. The Labute approximate surface area is 167 Å². The van der Waals surface area contributed by atoms with E-state index in [4.69, 9.17) is 4.74 Å². The Morgan fingerprint density at radius 2 is 1.96 bits per heavy atom. The fourth-order valence-corrected chi connectivity index (χ4v) is 2.73. The maximum absolute atomic E-state index is 13.1. The van der Waals surface area contributed by atoms with Crippen LogP contribution in [0.15, 0.2) is 29.3 Å². The first-order valence-corrected chi connectivity index (χ1v) is 8.77. The molecule has 1 aliphatic rings. The highest BCUT2D eigenvalue weighted by molar-refractivity contribution is 14.0. The minimum absolute atomic E-state index is 0. The van der Waals surface area contributed by atoms with Gasteiger partial charge in [0.15, 0.2) is 5.96 Å². The lowest BCUT2D eigenvalue weighted by Crippen LogP contribution is -2.39. The maximum atomic E-state index is 13.1. The lowest BCUT2D eigenvalue weighted by Gasteiger charge is -2.26.